The van der Waals surface area contributed by atoms with Crippen molar-refractivity contribution < 1.29 is 33.8 Å². The third-order valence-electron chi connectivity index (χ3n) is 8.26. The Bertz CT molecular complexity index is 1760. The SMILES string of the molecule is CCCN1CC(=O)N[C@H](C(=O)O)Cc2ccc(cc2)OCC(=O)N[C@@H](Cc2cccs2)C(=O)N[C@H](Cc2ccc(-c3ccccc3)cc2)C1=O. The van der Waals surface area contributed by atoms with E-state index in [0.29, 0.717) is 17.7 Å². The van der Waals surface area contributed by atoms with Gasteiger partial charge in [-0.15, -0.1) is 11.3 Å². The standard InChI is InChI=1S/C38H40N4O7S/c1-2-18-42-23-34(43)40-33(38(47)48)21-26-12-16-29(17-13-26)49-24-35(44)39-31(22-30-9-6-19-50-30)36(45)41-32(37(42)46)20-25-10-14-28(15-11-25)27-7-4-3-5-8-27/h3-17,19,31-33H,2,18,20-24H2,1H3,(H,39,44)(H,40,43)(H,41,45)(H,47,48)/t31-,32+,33-/m0/s1. The number of ether oxygens (including phenoxy) is 1. The van der Waals surface area contributed by atoms with Crippen molar-refractivity contribution >= 4 is 40.9 Å². The molecule has 4 amide bonds. The lowest BCUT2D eigenvalue weighted by Gasteiger charge is -2.29. The molecule has 2 bridgehead atoms. The summed E-state index contributed by atoms with van der Waals surface area (Å²) in [6, 6.07) is 24.3. The molecule has 0 unspecified atom stereocenters. The van der Waals surface area contributed by atoms with Gasteiger partial charge >= 0.3 is 5.97 Å². The number of thiophene rings is 1. The molecule has 0 saturated carbocycles. The van der Waals surface area contributed by atoms with Crippen molar-refractivity contribution in [1.29, 1.82) is 0 Å². The lowest BCUT2D eigenvalue weighted by atomic mass is 9.99. The average molecular weight is 697 g/mol. The van der Waals surface area contributed by atoms with Gasteiger partial charge in [0.1, 0.15) is 23.9 Å². The molecular formula is C38H40N4O7S. The first-order valence-electron chi connectivity index (χ1n) is 16.5. The zero-order chi connectivity index (χ0) is 35.5. The average Bonchev–Trinajstić information content (AvgIpc) is 3.63. The van der Waals surface area contributed by atoms with Crippen molar-refractivity contribution in [2.45, 2.75) is 50.7 Å². The molecule has 50 heavy (non-hydrogen) atoms. The van der Waals surface area contributed by atoms with Crippen LogP contribution < -0.4 is 20.7 Å². The van der Waals surface area contributed by atoms with Crippen LogP contribution in [0.25, 0.3) is 11.1 Å². The minimum atomic E-state index is -1.25. The predicted molar refractivity (Wildman–Crippen MR) is 190 cm³/mol. The van der Waals surface area contributed by atoms with Gasteiger partial charge < -0.3 is 30.7 Å². The van der Waals surface area contributed by atoms with Gasteiger partial charge in [-0.3, -0.25) is 19.2 Å². The minimum Gasteiger partial charge on any atom is -0.484 e. The maximum atomic E-state index is 14.2. The first-order valence-corrected chi connectivity index (χ1v) is 17.4. The molecule has 3 atom stereocenters. The molecule has 260 valence electrons. The van der Waals surface area contributed by atoms with Crippen LogP contribution in [-0.4, -0.2) is 77.4 Å². The first kappa shape index (κ1) is 35.8. The summed E-state index contributed by atoms with van der Waals surface area (Å²) in [6.45, 7) is 1.27. The number of aliphatic carboxylic acids is 1. The normalized spacial score (nSPS) is 19.3. The lowest BCUT2D eigenvalue weighted by Crippen LogP contribution is -2.57. The van der Waals surface area contributed by atoms with E-state index < -0.39 is 54.3 Å². The van der Waals surface area contributed by atoms with Crippen molar-refractivity contribution in [3.8, 4) is 16.9 Å². The number of hydrogen-bond acceptors (Lipinski definition) is 7. The van der Waals surface area contributed by atoms with E-state index in [0.717, 1.165) is 21.6 Å². The number of nitrogens with one attached hydrogen (secondary N) is 3. The number of carbonyl (C=O) groups excluding carboxylic acids is 4. The van der Waals surface area contributed by atoms with Crippen molar-refractivity contribution in [1.82, 2.24) is 20.9 Å². The van der Waals surface area contributed by atoms with Crippen LogP contribution in [0.1, 0.15) is 29.3 Å². The van der Waals surface area contributed by atoms with Crippen LogP contribution in [-0.2, 0) is 43.2 Å². The van der Waals surface area contributed by atoms with Gasteiger partial charge in [0.05, 0.1) is 6.54 Å². The molecule has 11 nitrogen and oxygen atoms in total. The molecular weight excluding hydrogens is 657 g/mol. The summed E-state index contributed by atoms with van der Waals surface area (Å²) >= 11 is 1.44. The van der Waals surface area contributed by atoms with Gasteiger partial charge in [-0.1, -0.05) is 79.7 Å². The fourth-order valence-corrected chi connectivity index (χ4v) is 6.48. The van der Waals surface area contributed by atoms with E-state index in [1.807, 2.05) is 79.0 Å². The van der Waals surface area contributed by atoms with Crippen LogP contribution in [0.3, 0.4) is 0 Å². The largest absolute Gasteiger partial charge is 0.484 e. The Kier molecular flexibility index (Phi) is 12.4. The molecule has 0 saturated heterocycles. The Balaban J connectivity index is 1.46. The molecule has 0 spiro atoms. The zero-order valence-corrected chi connectivity index (χ0v) is 28.5. The third-order valence-corrected chi connectivity index (χ3v) is 9.16. The van der Waals surface area contributed by atoms with E-state index in [1.165, 1.54) is 16.2 Å². The van der Waals surface area contributed by atoms with Gasteiger partial charge in [-0.2, -0.15) is 0 Å². The number of hydrogen-bond donors (Lipinski definition) is 4. The van der Waals surface area contributed by atoms with Crippen molar-refractivity contribution in [3.05, 3.63) is 112 Å². The molecule has 4 aromatic rings. The second-order valence-electron chi connectivity index (χ2n) is 12.1. The smallest absolute Gasteiger partial charge is 0.326 e. The number of carbonyl (C=O) groups is 5. The minimum absolute atomic E-state index is 0.00831. The fraction of sp³-hybridized carbons (Fsp3) is 0.289. The van der Waals surface area contributed by atoms with Gasteiger partial charge in [-0.25, -0.2) is 4.79 Å². The van der Waals surface area contributed by atoms with Crippen LogP contribution in [0, 0.1) is 0 Å². The second kappa shape index (κ2) is 17.3. The Morgan fingerprint density at radius 1 is 0.820 bits per heavy atom. The highest BCUT2D eigenvalue weighted by Crippen LogP contribution is 2.21. The molecule has 0 fully saturated rings. The molecule has 3 heterocycles. The van der Waals surface area contributed by atoms with Crippen LogP contribution in [0.4, 0.5) is 0 Å². The molecule has 6 rings (SSSR count). The summed E-state index contributed by atoms with van der Waals surface area (Å²) in [5.74, 6) is -3.10. The number of carboxylic acids is 1. The Labute approximate surface area is 294 Å². The summed E-state index contributed by atoms with van der Waals surface area (Å²) in [4.78, 5) is 68.9. The lowest BCUT2D eigenvalue weighted by molar-refractivity contribution is -0.143. The van der Waals surface area contributed by atoms with Gasteiger partial charge in [0.15, 0.2) is 6.61 Å². The summed E-state index contributed by atoms with van der Waals surface area (Å²) < 4.78 is 5.66. The quantitative estimate of drug-likeness (QED) is 0.205. The summed E-state index contributed by atoms with van der Waals surface area (Å²) in [6.07, 6.45) is 0.799. The molecule has 3 aromatic carbocycles. The van der Waals surface area contributed by atoms with Crippen LogP contribution in [0.15, 0.2) is 96.4 Å². The highest BCUT2D eigenvalue weighted by atomic mass is 32.1. The van der Waals surface area contributed by atoms with E-state index in [-0.39, 0.29) is 32.4 Å². The van der Waals surface area contributed by atoms with Gasteiger partial charge in [0.2, 0.25) is 17.7 Å². The molecule has 12 heteroatoms. The van der Waals surface area contributed by atoms with Crippen molar-refractivity contribution in [2.24, 2.45) is 0 Å². The maximum Gasteiger partial charge on any atom is 0.326 e. The molecule has 4 N–H and O–H groups in total. The van der Waals surface area contributed by atoms with E-state index in [2.05, 4.69) is 16.0 Å². The molecule has 2 aliphatic rings. The predicted octanol–water partition coefficient (Wildman–Crippen LogP) is 3.61. The number of amides is 4. The Hall–Kier alpha value is -5.49. The molecule has 0 radical (unpaired) electrons. The van der Waals surface area contributed by atoms with Crippen LogP contribution in [0.2, 0.25) is 0 Å². The zero-order valence-electron chi connectivity index (χ0n) is 27.7. The molecule has 2 aliphatic heterocycles. The van der Waals surface area contributed by atoms with E-state index >= 15 is 0 Å². The topological polar surface area (TPSA) is 154 Å². The first-order chi connectivity index (χ1) is 24.2. The van der Waals surface area contributed by atoms with Gasteiger partial charge in [0.25, 0.3) is 5.91 Å². The fourth-order valence-electron chi connectivity index (χ4n) is 5.72. The highest BCUT2D eigenvalue weighted by Gasteiger charge is 2.32. The van der Waals surface area contributed by atoms with Crippen molar-refractivity contribution in [3.63, 3.8) is 0 Å². The second-order valence-corrected chi connectivity index (χ2v) is 13.1. The summed E-state index contributed by atoms with van der Waals surface area (Å²) in [5.41, 5.74) is 3.41. The number of rotatable bonds is 8. The van der Waals surface area contributed by atoms with Crippen molar-refractivity contribution in [2.75, 3.05) is 19.7 Å². The number of benzene rings is 3. The maximum absolute atomic E-state index is 14.2. The number of carboxylic acid groups (broad SMARTS) is 1. The van der Waals surface area contributed by atoms with Crippen LogP contribution in [0.5, 0.6) is 5.75 Å². The third kappa shape index (κ3) is 10.0. The number of nitrogens with zero attached hydrogens (tertiary/aromatic N) is 1. The summed E-state index contributed by atoms with van der Waals surface area (Å²) in [5, 5.41) is 20.0. The van der Waals surface area contributed by atoms with E-state index in [4.69, 9.17) is 4.74 Å². The highest BCUT2D eigenvalue weighted by molar-refractivity contribution is 7.09. The van der Waals surface area contributed by atoms with E-state index in [9.17, 15) is 29.1 Å². The monoisotopic (exact) mass is 696 g/mol. The number of fused-ring (bicyclic) bond motifs is 16. The van der Waals surface area contributed by atoms with E-state index in [1.54, 1.807) is 24.3 Å². The molecule has 1 aromatic heterocycles. The Morgan fingerprint density at radius 3 is 2.20 bits per heavy atom. The molecule has 0 aliphatic carbocycles. The van der Waals surface area contributed by atoms with Crippen LogP contribution >= 0.6 is 11.3 Å². The van der Waals surface area contributed by atoms with Gasteiger partial charge in [-0.05, 0) is 52.3 Å². The Morgan fingerprint density at radius 2 is 1.54 bits per heavy atom. The van der Waals surface area contributed by atoms with Gasteiger partial charge in [0, 0.05) is 30.7 Å². The summed E-state index contributed by atoms with van der Waals surface area (Å²) in [7, 11) is 0.